The van der Waals surface area contributed by atoms with Gasteiger partial charge in [0.25, 0.3) is 0 Å². The van der Waals surface area contributed by atoms with Gasteiger partial charge >= 0.3 is 0 Å². The molecule has 0 spiro atoms. The number of carbonyl (C=O) groups excluding carboxylic acids is 1. The third kappa shape index (κ3) is 6.72. The molecule has 0 saturated carbocycles. The molecular weight excluding hydrogens is 392 g/mol. The molecule has 1 aliphatic rings. The molecular formula is C24H36N4O3. The highest BCUT2D eigenvalue weighted by Gasteiger charge is 2.21. The summed E-state index contributed by atoms with van der Waals surface area (Å²) in [6.45, 7) is 7.85. The predicted molar refractivity (Wildman–Crippen MR) is 121 cm³/mol. The maximum atomic E-state index is 12.4. The summed E-state index contributed by atoms with van der Waals surface area (Å²) in [5.74, 6) is 2.12. The summed E-state index contributed by atoms with van der Waals surface area (Å²) in [4.78, 5) is 14.9. The summed E-state index contributed by atoms with van der Waals surface area (Å²) in [6, 6.07) is 6.03. The Morgan fingerprint density at radius 1 is 1.29 bits per heavy atom. The molecule has 7 nitrogen and oxygen atoms in total. The van der Waals surface area contributed by atoms with Gasteiger partial charge in [-0.2, -0.15) is 5.10 Å². The lowest BCUT2D eigenvalue weighted by atomic mass is 9.93. The van der Waals surface area contributed by atoms with E-state index >= 15 is 0 Å². The highest BCUT2D eigenvalue weighted by Crippen LogP contribution is 2.25. The molecule has 0 bridgehead atoms. The molecule has 2 aromatic rings. The van der Waals surface area contributed by atoms with E-state index in [9.17, 15) is 4.79 Å². The second-order valence-electron chi connectivity index (χ2n) is 8.66. The second kappa shape index (κ2) is 11.2. The van der Waals surface area contributed by atoms with Crippen LogP contribution in [0.25, 0.3) is 0 Å². The first kappa shape index (κ1) is 23.1. The molecule has 3 rings (SSSR count). The Labute approximate surface area is 185 Å². The highest BCUT2D eigenvalue weighted by molar-refractivity contribution is 5.75. The third-order valence-corrected chi connectivity index (χ3v) is 5.94. The number of nitrogens with zero attached hydrogens (tertiary/aromatic N) is 3. The van der Waals surface area contributed by atoms with Crippen LogP contribution in [-0.2, 0) is 17.9 Å². The Morgan fingerprint density at radius 2 is 2.13 bits per heavy atom. The summed E-state index contributed by atoms with van der Waals surface area (Å²) in [7, 11) is 3.25. The van der Waals surface area contributed by atoms with Crippen molar-refractivity contribution < 1.29 is 14.3 Å². The van der Waals surface area contributed by atoms with Crippen molar-refractivity contribution in [3.63, 3.8) is 0 Å². The van der Waals surface area contributed by atoms with Crippen LogP contribution in [0.15, 0.2) is 30.6 Å². The molecule has 7 heteroatoms. The zero-order valence-electron chi connectivity index (χ0n) is 19.3. The number of benzene rings is 1. The molecule has 1 amide bonds. The number of rotatable bonds is 10. The van der Waals surface area contributed by atoms with Crippen LogP contribution >= 0.6 is 0 Å². The first-order valence-corrected chi connectivity index (χ1v) is 11.2. The van der Waals surface area contributed by atoms with Gasteiger partial charge in [-0.15, -0.1) is 0 Å². The first-order chi connectivity index (χ1) is 15.0. The van der Waals surface area contributed by atoms with Crippen LogP contribution in [0, 0.1) is 5.92 Å². The number of piperidine rings is 1. The van der Waals surface area contributed by atoms with Crippen LogP contribution in [0.5, 0.6) is 11.5 Å². The van der Waals surface area contributed by atoms with E-state index in [1.165, 1.54) is 18.4 Å². The standard InChI is InChI=1S/C24H36N4O3/c1-18(2)28-17-20(13-26-28)16-27-11-5-6-19(15-27)7-10-24(29)25-14-21-8-9-22(30-3)12-23(21)31-4/h8-9,12-13,17-19H,5-7,10-11,14-16H2,1-4H3,(H,25,29)/t19-/m0/s1. The van der Waals surface area contributed by atoms with Crippen molar-refractivity contribution in [2.24, 2.45) is 5.92 Å². The van der Waals surface area contributed by atoms with Crippen molar-refractivity contribution >= 4 is 5.91 Å². The van der Waals surface area contributed by atoms with Crippen molar-refractivity contribution in [1.29, 1.82) is 0 Å². The summed E-state index contributed by atoms with van der Waals surface area (Å²) in [6.07, 6.45) is 7.99. The van der Waals surface area contributed by atoms with Gasteiger partial charge in [0, 0.05) is 55.5 Å². The van der Waals surface area contributed by atoms with Crippen molar-refractivity contribution in [3.05, 3.63) is 41.7 Å². The van der Waals surface area contributed by atoms with Crippen LogP contribution in [-0.4, -0.2) is 47.9 Å². The topological polar surface area (TPSA) is 68.6 Å². The number of likely N-dealkylation sites (tertiary alicyclic amines) is 1. The smallest absolute Gasteiger partial charge is 0.220 e. The zero-order valence-corrected chi connectivity index (χ0v) is 19.3. The highest BCUT2D eigenvalue weighted by atomic mass is 16.5. The molecule has 1 fully saturated rings. The fourth-order valence-electron chi connectivity index (χ4n) is 4.15. The van der Waals surface area contributed by atoms with E-state index in [1.807, 2.05) is 29.1 Å². The van der Waals surface area contributed by atoms with Gasteiger partial charge in [0.05, 0.1) is 20.4 Å². The minimum Gasteiger partial charge on any atom is -0.497 e. The number of hydrogen-bond donors (Lipinski definition) is 1. The molecule has 1 aliphatic heterocycles. The SMILES string of the molecule is COc1ccc(CNC(=O)CC[C@@H]2CCCN(Cc3cnn(C(C)C)c3)C2)c(OC)c1. The Morgan fingerprint density at radius 3 is 2.84 bits per heavy atom. The van der Waals surface area contributed by atoms with Gasteiger partial charge in [-0.05, 0) is 57.7 Å². The lowest BCUT2D eigenvalue weighted by Crippen LogP contribution is -2.35. The molecule has 2 heterocycles. The lowest BCUT2D eigenvalue weighted by Gasteiger charge is -2.32. The number of aromatic nitrogens is 2. The number of nitrogens with one attached hydrogen (secondary N) is 1. The Hall–Kier alpha value is -2.54. The summed E-state index contributed by atoms with van der Waals surface area (Å²) < 4.78 is 12.6. The van der Waals surface area contributed by atoms with Gasteiger partial charge in [0.2, 0.25) is 5.91 Å². The van der Waals surface area contributed by atoms with Gasteiger partial charge in [-0.25, -0.2) is 0 Å². The van der Waals surface area contributed by atoms with Gasteiger partial charge in [0.15, 0.2) is 0 Å². The fourth-order valence-corrected chi connectivity index (χ4v) is 4.15. The Balaban J connectivity index is 1.42. The van der Waals surface area contributed by atoms with Crippen molar-refractivity contribution in [1.82, 2.24) is 20.0 Å². The van der Waals surface area contributed by atoms with E-state index in [0.29, 0.717) is 24.9 Å². The van der Waals surface area contributed by atoms with E-state index < -0.39 is 0 Å². The molecule has 1 aromatic carbocycles. The monoisotopic (exact) mass is 428 g/mol. The minimum atomic E-state index is 0.0909. The molecule has 1 atom stereocenters. The Kier molecular flexibility index (Phi) is 8.35. The van der Waals surface area contributed by atoms with Crippen molar-refractivity contribution in [2.45, 2.75) is 58.7 Å². The van der Waals surface area contributed by atoms with E-state index in [4.69, 9.17) is 9.47 Å². The molecule has 0 unspecified atom stereocenters. The van der Waals surface area contributed by atoms with Crippen LogP contribution in [0.1, 0.15) is 56.7 Å². The number of ether oxygens (including phenoxy) is 2. The van der Waals surface area contributed by atoms with E-state index in [0.717, 1.165) is 43.1 Å². The number of amides is 1. The molecule has 0 radical (unpaired) electrons. The van der Waals surface area contributed by atoms with Crippen molar-refractivity contribution in [3.8, 4) is 11.5 Å². The zero-order chi connectivity index (χ0) is 22.2. The summed E-state index contributed by atoms with van der Waals surface area (Å²) in [5.41, 5.74) is 2.21. The largest absolute Gasteiger partial charge is 0.497 e. The summed E-state index contributed by atoms with van der Waals surface area (Å²) in [5, 5.41) is 7.48. The lowest BCUT2D eigenvalue weighted by molar-refractivity contribution is -0.121. The molecule has 170 valence electrons. The third-order valence-electron chi connectivity index (χ3n) is 5.94. The molecule has 1 saturated heterocycles. The van der Waals surface area contributed by atoms with Gasteiger partial charge in [-0.1, -0.05) is 0 Å². The van der Waals surface area contributed by atoms with E-state index in [-0.39, 0.29) is 5.91 Å². The van der Waals surface area contributed by atoms with Gasteiger partial charge < -0.3 is 14.8 Å². The molecule has 31 heavy (non-hydrogen) atoms. The predicted octanol–water partition coefficient (Wildman–Crippen LogP) is 3.79. The minimum absolute atomic E-state index is 0.0909. The van der Waals surface area contributed by atoms with Crippen LogP contribution in [0.2, 0.25) is 0 Å². The van der Waals surface area contributed by atoms with Crippen LogP contribution in [0.3, 0.4) is 0 Å². The molecule has 1 aromatic heterocycles. The maximum absolute atomic E-state index is 12.4. The molecule has 1 N–H and O–H groups in total. The molecule has 0 aliphatic carbocycles. The van der Waals surface area contributed by atoms with Gasteiger partial charge in [-0.3, -0.25) is 14.4 Å². The maximum Gasteiger partial charge on any atom is 0.220 e. The quantitative estimate of drug-likeness (QED) is 0.624. The van der Waals surface area contributed by atoms with Crippen LogP contribution < -0.4 is 14.8 Å². The van der Waals surface area contributed by atoms with E-state index in [1.54, 1.807) is 14.2 Å². The average molecular weight is 429 g/mol. The number of carbonyl (C=O) groups is 1. The van der Waals surface area contributed by atoms with Gasteiger partial charge in [0.1, 0.15) is 11.5 Å². The second-order valence-corrected chi connectivity index (χ2v) is 8.66. The number of hydrogen-bond acceptors (Lipinski definition) is 5. The number of methoxy groups -OCH3 is 2. The normalized spacial score (nSPS) is 17.0. The van der Waals surface area contributed by atoms with E-state index in [2.05, 4.69) is 35.4 Å². The first-order valence-electron chi connectivity index (χ1n) is 11.2. The summed E-state index contributed by atoms with van der Waals surface area (Å²) >= 11 is 0. The Bertz CT molecular complexity index is 849. The van der Waals surface area contributed by atoms with Crippen LogP contribution in [0.4, 0.5) is 0 Å². The fraction of sp³-hybridized carbons (Fsp3) is 0.583. The average Bonchev–Trinajstić information content (AvgIpc) is 3.25. The van der Waals surface area contributed by atoms with Crippen molar-refractivity contribution in [2.75, 3.05) is 27.3 Å².